The molecule has 0 aliphatic carbocycles. The fraction of sp³-hybridized carbons (Fsp3) is 0.0435. The van der Waals surface area contributed by atoms with Crippen LogP contribution in [0.5, 0.6) is 11.5 Å². The second-order valence-electron chi connectivity index (χ2n) is 6.53. The number of rotatable bonds is 3. The minimum absolute atomic E-state index is 0.134. The first-order valence-corrected chi connectivity index (χ1v) is 9.84. The van der Waals surface area contributed by atoms with Crippen LogP contribution in [0.1, 0.15) is 16.9 Å². The third-order valence-corrected chi connectivity index (χ3v) is 5.18. The minimum atomic E-state index is -0.547. The molecule has 0 fully saturated rings. The molecule has 0 bridgehead atoms. The van der Waals surface area contributed by atoms with Gasteiger partial charge in [0.1, 0.15) is 17.3 Å². The molecule has 0 unspecified atom stereocenters. The van der Waals surface area contributed by atoms with Gasteiger partial charge in [-0.15, -0.1) is 0 Å². The Morgan fingerprint density at radius 3 is 2.60 bits per heavy atom. The van der Waals surface area contributed by atoms with E-state index in [0.29, 0.717) is 22.8 Å². The number of furan rings is 1. The van der Waals surface area contributed by atoms with E-state index in [1.807, 2.05) is 42.5 Å². The summed E-state index contributed by atoms with van der Waals surface area (Å²) < 4.78 is 22.9. The lowest BCUT2D eigenvalue weighted by Crippen LogP contribution is -2.08. The molecule has 30 heavy (non-hydrogen) atoms. The molecule has 0 amide bonds. The van der Waals surface area contributed by atoms with Gasteiger partial charge in [0.25, 0.3) is 5.90 Å². The number of fused-ring (bicyclic) bond motifs is 1. The van der Waals surface area contributed by atoms with Gasteiger partial charge in [0, 0.05) is 21.2 Å². The van der Waals surface area contributed by atoms with Crippen molar-refractivity contribution in [1.29, 1.82) is 0 Å². The highest BCUT2D eigenvalue weighted by atomic mass is 79.9. The molecule has 0 N–H and O–H groups in total. The molecule has 0 spiro atoms. The third-order valence-electron chi connectivity index (χ3n) is 4.68. The number of ether oxygens (including phenoxy) is 3. The molecule has 0 atom stereocenters. The van der Waals surface area contributed by atoms with E-state index < -0.39 is 5.97 Å². The highest BCUT2D eigenvalue weighted by Gasteiger charge is 2.31. The fourth-order valence-corrected chi connectivity index (χ4v) is 3.59. The topological polar surface area (TPSA) is 70.3 Å². The highest BCUT2D eigenvalue weighted by molar-refractivity contribution is 9.10. The second kappa shape index (κ2) is 7.35. The largest absolute Gasteiger partial charge is 0.497 e. The quantitative estimate of drug-likeness (QED) is 0.394. The van der Waals surface area contributed by atoms with Crippen LogP contribution in [-0.4, -0.2) is 19.0 Å². The van der Waals surface area contributed by atoms with E-state index in [4.69, 9.17) is 18.6 Å². The number of esters is 1. The Morgan fingerprint density at radius 2 is 1.87 bits per heavy atom. The van der Waals surface area contributed by atoms with Crippen molar-refractivity contribution in [3.8, 4) is 11.5 Å². The molecule has 7 heteroatoms. The van der Waals surface area contributed by atoms with Crippen molar-refractivity contribution in [2.45, 2.75) is 0 Å². The molecule has 1 aromatic heterocycles. The van der Waals surface area contributed by atoms with Gasteiger partial charge in [-0.2, -0.15) is 0 Å². The summed E-state index contributed by atoms with van der Waals surface area (Å²) in [6.45, 7) is 0. The van der Waals surface area contributed by atoms with Gasteiger partial charge in [-0.3, -0.25) is 0 Å². The first-order valence-electron chi connectivity index (χ1n) is 9.05. The van der Waals surface area contributed by atoms with E-state index in [1.54, 1.807) is 25.3 Å². The van der Waals surface area contributed by atoms with E-state index in [9.17, 15) is 4.79 Å². The van der Waals surface area contributed by atoms with Crippen molar-refractivity contribution in [3.63, 3.8) is 0 Å². The van der Waals surface area contributed by atoms with Gasteiger partial charge in [-0.25, -0.2) is 9.79 Å². The van der Waals surface area contributed by atoms with Crippen molar-refractivity contribution < 1.29 is 23.4 Å². The van der Waals surface area contributed by atoms with Crippen molar-refractivity contribution >= 4 is 39.1 Å². The summed E-state index contributed by atoms with van der Waals surface area (Å²) in [5.74, 6) is 1.92. The summed E-state index contributed by atoms with van der Waals surface area (Å²) in [7, 11) is 1.61. The second-order valence-corrected chi connectivity index (χ2v) is 7.44. The van der Waals surface area contributed by atoms with Crippen LogP contribution in [0.3, 0.4) is 0 Å². The van der Waals surface area contributed by atoms with Gasteiger partial charge in [0.15, 0.2) is 11.5 Å². The van der Waals surface area contributed by atoms with Gasteiger partial charge in [-0.05, 0) is 60.7 Å². The van der Waals surface area contributed by atoms with Crippen LogP contribution >= 0.6 is 15.9 Å². The average Bonchev–Trinajstić information content (AvgIpc) is 3.43. The van der Waals surface area contributed by atoms with Crippen LogP contribution < -0.4 is 9.47 Å². The van der Waals surface area contributed by atoms with Crippen LogP contribution in [0.4, 0.5) is 0 Å². The van der Waals surface area contributed by atoms with E-state index in [2.05, 4.69) is 20.9 Å². The molecular weight excluding hydrogens is 450 g/mol. The number of halogens is 1. The Kier molecular flexibility index (Phi) is 4.52. The maximum absolute atomic E-state index is 12.7. The average molecular weight is 464 g/mol. The maximum atomic E-state index is 12.7. The normalized spacial score (nSPS) is 17.6. The summed E-state index contributed by atoms with van der Waals surface area (Å²) in [5.41, 5.74) is 2.37. The van der Waals surface area contributed by atoms with Crippen molar-refractivity contribution in [3.05, 3.63) is 94.0 Å². The number of cyclic esters (lactones) is 1. The summed E-state index contributed by atoms with van der Waals surface area (Å²) >= 11 is 3.48. The number of benzene rings is 2. The SMILES string of the molecule is COc1ccc(C2=CC(=C3N=C(c4ccco4)OC3=O)c3cc(Br)ccc3O2)cc1. The lowest BCUT2D eigenvalue weighted by Gasteiger charge is -2.21. The zero-order valence-corrected chi connectivity index (χ0v) is 17.3. The van der Waals surface area contributed by atoms with Crippen molar-refractivity contribution in [2.75, 3.05) is 7.11 Å². The van der Waals surface area contributed by atoms with Crippen LogP contribution in [0.25, 0.3) is 11.3 Å². The number of hydrogen-bond acceptors (Lipinski definition) is 6. The lowest BCUT2D eigenvalue weighted by atomic mass is 9.97. The minimum Gasteiger partial charge on any atom is -0.497 e. The Balaban J connectivity index is 1.68. The molecule has 6 nitrogen and oxygen atoms in total. The van der Waals surface area contributed by atoms with Gasteiger partial charge < -0.3 is 18.6 Å². The summed E-state index contributed by atoms with van der Waals surface area (Å²) in [6, 6.07) is 16.5. The molecule has 0 saturated heterocycles. The monoisotopic (exact) mass is 463 g/mol. The van der Waals surface area contributed by atoms with Crippen LogP contribution in [-0.2, 0) is 9.53 Å². The standard InChI is InChI=1S/C23H14BrNO5/c1-27-15-7-4-13(5-8-15)20-12-17(16-11-14(24)6-9-18(16)29-20)21-23(26)30-22(25-21)19-3-2-10-28-19/h2-12H,1H3. The molecule has 2 aliphatic heterocycles. The predicted octanol–water partition coefficient (Wildman–Crippen LogP) is 5.20. The number of carbonyl (C=O) groups excluding carboxylic acids is 1. The number of carbonyl (C=O) groups is 1. The molecular formula is C23H14BrNO5. The Hall–Kier alpha value is -3.58. The summed E-state index contributed by atoms with van der Waals surface area (Å²) in [4.78, 5) is 17.1. The fourth-order valence-electron chi connectivity index (χ4n) is 3.23. The molecule has 2 aromatic carbocycles. The van der Waals surface area contributed by atoms with Crippen LogP contribution in [0.15, 0.2) is 86.5 Å². The number of nitrogens with zero attached hydrogens (tertiary/aromatic N) is 1. The smallest absolute Gasteiger partial charge is 0.364 e. The predicted molar refractivity (Wildman–Crippen MR) is 114 cm³/mol. The number of methoxy groups -OCH3 is 1. The zero-order chi connectivity index (χ0) is 20.7. The Bertz CT molecular complexity index is 1240. The van der Waals surface area contributed by atoms with E-state index >= 15 is 0 Å². The van der Waals surface area contributed by atoms with Gasteiger partial charge in [0.2, 0.25) is 0 Å². The zero-order valence-electron chi connectivity index (χ0n) is 15.7. The molecule has 3 aromatic rings. The first kappa shape index (κ1) is 18.4. The first-order chi connectivity index (χ1) is 14.6. The number of allylic oxidation sites excluding steroid dienone is 2. The highest BCUT2D eigenvalue weighted by Crippen LogP contribution is 2.41. The van der Waals surface area contributed by atoms with Crippen molar-refractivity contribution in [1.82, 2.24) is 0 Å². The Labute approximate surface area is 180 Å². The van der Waals surface area contributed by atoms with Crippen LogP contribution in [0.2, 0.25) is 0 Å². The number of aliphatic imine (C=N–C) groups is 1. The molecule has 148 valence electrons. The summed E-state index contributed by atoms with van der Waals surface area (Å²) in [6.07, 6.45) is 3.29. The van der Waals surface area contributed by atoms with Gasteiger partial charge in [0.05, 0.1) is 13.4 Å². The van der Waals surface area contributed by atoms with E-state index in [-0.39, 0.29) is 11.6 Å². The molecule has 5 rings (SSSR count). The van der Waals surface area contributed by atoms with Crippen LogP contribution in [0, 0.1) is 0 Å². The number of hydrogen-bond donors (Lipinski definition) is 0. The summed E-state index contributed by atoms with van der Waals surface area (Å²) in [5, 5.41) is 0. The van der Waals surface area contributed by atoms with Gasteiger partial charge in [-0.1, -0.05) is 15.9 Å². The molecule has 0 saturated carbocycles. The molecule has 0 radical (unpaired) electrons. The van der Waals surface area contributed by atoms with Gasteiger partial charge >= 0.3 is 5.97 Å². The third kappa shape index (κ3) is 3.23. The van der Waals surface area contributed by atoms with E-state index in [0.717, 1.165) is 21.3 Å². The lowest BCUT2D eigenvalue weighted by molar-refractivity contribution is -0.130. The molecule has 2 aliphatic rings. The molecule has 3 heterocycles. The Morgan fingerprint density at radius 1 is 1.03 bits per heavy atom. The maximum Gasteiger partial charge on any atom is 0.364 e. The van der Waals surface area contributed by atoms with E-state index in [1.165, 1.54) is 6.26 Å². The van der Waals surface area contributed by atoms with Crippen molar-refractivity contribution in [2.24, 2.45) is 4.99 Å².